The lowest BCUT2D eigenvalue weighted by Gasteiger charge is -2.36. The van der Waals surface area contributed by atoms with Gasteiger partial charge in [-0.2, -0.15) is 9.57 Å². The van der Waals surface area contributed by atoms with E-state index in [2.05, 4.69) is 4.90 Å². The van der Waals surface area contributed by atoms with Gasteiger partial charge in [-0.15, -0.1) is 0 Å². The quantitative estimate of drug-likeness (QED) is 0.645. The van der Waals surface area contributed by atoms with E-state index in [1.165, 1.54) is 61.4 Å². The fourth-order valence-electron chi connectivity index (χ4n) is 4.86. The number of carbonyl (C=O) groups is 1. The molecule has 1 aromatic rings. The van der Waals surface area contributed by atoms with E-state index >= 15 is 0 Å². The molecular weight excluding hydrogens is 412 g/mol. The zero-order chi connectivity index (χ0) is 21.8. The number of nitrogens with zero attached hydrogens (tertiary/aromatic N) is 4. The van der Waals surface area contributed by atoms with Gasteiger partial charge in [-0.25, -0.2) is 8.42 Å². The third kappa shape index (κ3) is 5.28. The number of hydrogen-bond acceptors (Lipinski definition) is 5. The van der Waals surface area contributed by atoms with E-state index in [9.17, 15) is 18.5 Å². The minimum Gasteiger partial charge on any atom is -0.339 e. The predicted molar refractivity (Wildman–Crippen MR) is 118 cm³/mol. The van der Waals surface area contributed by atoms with E-state index < -0.39 is 10.0 Å². The summed E-state index contributed by atoms with van der Waals surface area (Å²) in [6.45, 7) is 2.80. The van der Waals surface area contributed by atoms with Gasteiger partial charge in [0.25, 0.3) is 0 Å². The summed E-state index contributed by atoms with van der Waals surface area (Å²) in [6, 6.07) is 8.80. The molecule has 168 valence electrons. The molecule has 3 aliphatic rings. The highest BCUT2D eigenvalue weighted by atomic mass is 32.2. The first-order valence-corrected chi connectivity index (χ1v) is 12.9. The Morgan fingerprint density at radius 2 is 1.71 bits per heavy atom. The Labute approximate surface area is 185 Å². The van der Waals surface area contributed by atoms with Crippen LogP contribution in [0.4, 0.5) is 0 Å². The first kappa shape index (κ1) is 22.3. The predicted octanol–water partition coefficient (Wildman–Crippen LogP) is 2.44. The van der Waals surface area contributed by atoms with E-state index in [0.717, 1.165) is 6.54 Å². The van der Waals surface area contributed by atoms with Crippen LogP contribution >= 0.6 is 0 Å². The van der Waals surface area contributed by atoms with Gasteiger partial charge in [-0.05, 0) is 43.7 Å². The molecule has 1 aliphatic heterocycles. The fourth-order valence-corrected chi connectivity index (χ4v) is 6.42. The van der Waals surface area contributed by atoms with E-state index in [1.807, 2.05) is 6.07 Å². The number of rotatable bonds is 7. The topological polar surface area (TPSA) is 84.7 Å². The summed E-state index contributed by atoms with van der Waals surface area (Å²) in [6.07, 6.45) is 8.88. The van der Waals surface area contributed by atoms with Gasteiger partial charge in [0, 0.05) is 38.8 Å². The molecule has 0 radical (unpaired) electrons. The van der Waals surface area contributed by atoms with Crippen molar-refractivity contribution in [1.29, 1.82) is 5.26 Å². The molecule has 2 saturated carbocycles. The second kappa shape index (κ2) is 9.68. The van der Waals surface area contributed by atoms with Gasteiger partial charge in [0.2, 0.25) is 15.9 Å². The van der Waals surface area contributed by atoms with Crippen molar-refractivity contribution in [3.63, 3.8) is 0 Å². The van der Waals surface area contributed by atoms with E-state index in [0.29, 0.717) is 31.6 Å². The number of hydrogen-bond donors (Lipinski definition) is 0. The van der Waals surface area contributed by atoms with Crippen LogP contribution in [-0.4, -0.2) is 73.7 Å². The van der Waals surface area contributed by atoms with Crippen molar-refractivity contribution in [1.82, 2.24) is 14.1 Å². The third-order valence-electron chi connectivity index (χ3n) is 6.84. The van der Waals surface area contributed by atoms with Crippen LogP contribution in [0.3, 0.4) is 0 Å². The summed E-state index contributed by atoms with van der Waals surface area (Å²) in [5.41, 5.74) is 0.156. The summed E-state index contributed by atoms with van der Waals surface area (Å²) >= 11 is 0. The van der Waals surface area contributed by atoms with Gasteiger partial charge in [0.05, 0.1) is 17.0 Å². The first-order valence-electron chi connectivity index (χ1n) is 11.5. The second-order valence-corrected chi connectivity index (χ2v) is 11.0. The summed E-state index contributed by atoms with van der Waals surface area (Å²) in [7, 11) is -3.74. The summed E-state index contributed by atoms with van der Waals surface area (Å²) < 4.78 is 27.4. The van der Waals surface area contributed by atoms with Crippen molar-refractivity contribution in [2.75, 3.05) is 39.3 Å². The Balaban J connectivity index is 1.33. The maximum atomic E-state index is 13.0. The molecule has 1 aromatic carbocycles. The normalized spacial score (nSPS) is 21.2. The molecule has 31 heavy (non-hydrogen) atoms. The molecule has 8 heteroatoms. The first-order chi connectivity index (χ1) is 15.0. The number of sulfonamides is 1. The second-order valence-electron chi connectivity index (χ2n) is 9.06. The number of benzene rings is 1. The fraction of sp³-hybridized carbons (Fsp3) is 0.652. The molecule has 0 aromatic heterocycles. The van der Waals surface area contributed by atoms with Crippen LogP contribution in [-0.2, 0) is 14.8 Å². The summed E-state index contributed by atoms with van der Waals surface area (Å²) in [5.74, 6) is 0.821. The molecule has 0 atom stereocenters. The molecule has 0 N–H and O–H groups in total. The maximum Gasteiger partial charge on any atom is 0.244 e. The van der Waals surface area contributed by atoms with E-state index in [-0.39, 0.29) is 29.5 Å². The highest BCUT2D eigenvalue weighted by Crippen LogP contribution is 2.31. The average Bonchev–Trinajstić information content (AvgIpc) is 3.65. The number of piperazine rings is 1. The Morgan fingerprint density at radius 3 is 2.35 bits per heavy atom. The standard InChI is InChI=1S/C23H32N4O3S/c24-16-20-8-4-5-9-22(20)31(29,30)27-14-12-25(13-15-27)23(28)18-26(21-10-11-21)17-19-6-2-1-3-7-19/h4-5,8-9,19,21H,1-3,6-7,10-15,17-18H2. The minimum atomic E-state index is -3.74. The van der Waals surface area contributed by atoms with Crippen molar-refractivity contribution in [2.24, 2.45) is 5.92 Å². The monoisotopic (exact) mass is 444 g/mol. The number of nitriles is 1. The molecule has 4 rings (SSSR count). The number of amides is 1. The smallest absolute Gasteiger partial charge is 0.244 e. The van der Waals surface area contributed by atoms with Crippen molar-refractivity contribution in [3.05, 3.63) is 29.8 Å². The highest BCUT2D eigenvalue weighted by molar-refractivity contribution is 7.89. The molecule has 7 nitrogen and oxygen atoms in total. The van der Waals surface area contributed by atoms with Crippen molar-refractivity contribution >= 4 is 15.9 Å². The molecule has 1 saturated heterocycles. The molecule has 0 bridgehead atoms. The maximum absolute atomic E-state index is 13.0. The van der Waals surface area contributed by atoms with Crippen molar-refractivity contribution in [3.8, 4) is 6.07 Å². The molecule has 1 amide bonds. The van der Waals surface area contributed by atoms with Gasteiger partial charge >= 0.3 is 0 Å². The summed E-state index contributed by atoms with van der Waals surface area (Å²) in [5, 5.41) is 9.26. The largest absolute Gasteiger partial charge is 0.339 e. The lowest BCUT2D eigenvalue weighted by atomic mass is 9.89. The molecular formula is C23H32N4O3S. The van der Waals surface area contributed by atoms with Crippen LogP contribution in [0, 0.1) is 17.2 Å². The van der Waals surface area contributed by atoms with Crippen LogP contribution in [0.15, 0.2) is 29.2 Å². The van der Waals surface area contributed by atoms with Crippen LogP contribution < -0.4 is 0 Å². The molecule has 0 spiro atoms. The molecule has 3 fully saturated rings. The van der Waals surface area contributed by atoms with Crippen LogP contribution in [0.2, 0.25) is 0 Å². The van der Waals surface area contributed by atoms with Crippen molar-refractivity contribution < 1.29 is 13.2 Å². The van der Waals surface area contributed by atoms with Gasteiger partial charge in [-0.1, -0.05) is 31.4 Å². The molecule has 2 aliphatic carbocycles. The Morgan fingerprint density at radius 1 is 1.03 bits per heavy atom. The molecule has 1 heterocycles. The average molecular weight is 445 g/mol. The van der Waals surface area contributed by atoms with Crippen LogP contribution in [0.1, 0.15) is 50.5 Å². The van der Waals surface area contributed by atoms with Gasteiger partial charge < -0.3 is 4.90 Å². The molecule has 0 unspecified atom stereocenters. The van der Waals surface area contributed by atoms with Gasteiger partial charge in [0.15, 0.2) is 0 Å². The summed E-state index contributed by atoms with van der Waals surface area (Å²) in [4.78, 5) is 17.2. The third-order valence-corrected chi connectivity index (χ3v) is 8.79. The van der Waals surface area contributed by atoms with Gasteiger partial charge in [-0.3, -0.25) is 9.69 Å². The lowest BCUT2D eigenvalue weighted by Crippen LogP contribution is -2.53. The van der Waals surface area contributed by atoms with Crippen molar-refractivity contribution in [2.45, 2.75) is 55.9 Å². The number of carbonyl (C=O) groups excluding carboxylic acids is 1. The highest BCUT2D eigenvalue weighted by Gasteiger charge is 2.35. The van der Waals surface area contributed by atoms with E-state index in [4.69, 9.17) is 0 Å². The zero-order valence-electron chi connectivity index (χ0n) is 18.1. The lowest BCUT2D eigenvalue weighted by molar-refractivity contribution is -0.134. The Kier molecular flexibility index (Phi) is 6.95. The Bertz CT molecular complexity index is 924. The SMILES string of the molecule is N#Cc1ccccc1S(=O)(=O)N1CCN(C(=O)CN(CC2CCCCC2)C2CC2)CC1. The minimum absolute atomic E-state index is 0.0460. The van der Waals surface area contributed by atoms with Crippen LogP contribution in [0.5, 0.6) is 0 Å². The van der Waals surface area contributed by atoms with E-state index in [1.54, 1.807) is 17.0 Å². The van der Waals surface area contributed by atoms with Crippen LogP contribution in [0.25, 0.3) is 0 Å². The van der Waals surface area contributed by atoms with Gasteiger partial charge in [0.1, 0.15) is 6.07 Å². The Hall–Kier alpha value is -1.95. The zero-order valence-corrected chi connectivity index (χ0v) is 18.9.